The number of amides is 1. The molecule has 5 heteroatoms. The summed E-state index contributed by atoms with van der Waals surface area (Å²) < 4.78 is 11.0. The minimum absolute atomic E-state index is 0.0737. The Kier molecular flexibility index (Phi) is 5.85. The first-order valence-electron chi connectivity index (χ1n) is 10.2. The van der Waals surface area contributed by atoms with Crippen molar-refractivity contribution in [3.63, 3.8) is 0 Å². The molecule has 3 aromatic carbocycles. The zero-order valence-corrected chi connectivity index (χ0v) is 17.8. The lowest BCUT2D eigenvalue weighted by Gasteiger charge is -2.22. The number of rotatable bonds is 6. The van der Waals surface area contributed by atoms with Crippen LogP contribution in [0, 0.1) is 0 Å². The summed E-state index contributed by atoms with van der Waals surface area (Å²) in [5.41, 5.74) is 3.62. The fourth-order valence-corrected chi connectivity index (χ4v) is 3.70. The third-order valence-electron chi connectivity index (χ3n) is 5.26. The molecule has 0 aliphatic heterocycles. The maximum Gasteiger partial charge on any atom is 0.259 e. The molecule has 0 saturated heterocycles. The molecule has 31 heavy (non-hydrogen) atoms. The molecule has 0 bridgehead atoms. The molecule has 1 aromatic heterocycles. The van der Waals surface area contributed by atoms with Crippen molar-refractivity contribution >= 4 is 22.5 Å². The Balaban J connectivity index is 1.91. The molecule has 0 N–H and O–H groups in total. The zero-order valence-electron chi connectivity index (χ0n) is 17.8. The molecule has 4 rings (SSSR count). The SMILES string of the molecule is CCN(C(=O)c1cc(-c2cc(OC)ccc2OC)nc2ccccc12)c1ccccc1. The highest BCUT2D eigenvalue weighted by Crippen LogP contribution is 2.35. The molecule has 0 fully saturated rings. The quantitative estimate of drug-likeness (QED) is 0.414. The summed E-state index contributed by atoms with van der Waals surface area (Å²) in [7, 11) is 3.24. The van der Waals surface area contributed by atoms with E-state index >= 15 is 0 Å². The average Bonchev–Trinajstić information content (AvgIpc) is 2.84. The summed E-state index contributed by atoms with van der Waals surface area (Å²) in [4.78, 5) is 20.3. The van der Waals surface area contributed by atoms with E-state index in [-0.39, 0.29) is 5.91 Å². The van der Waals surface area contributed by atoms with Gasteiger partial charge in [-0.25, -0.2) is 4.98 Å². The van der Waals surface area contributed by atoms with E-state index in [1.54, 1.807) is 19.1 Å². The van der Waals surface area contributed by atoms with Crippen LogP contribution in [0.2, 0.25) is 0 Å². The van der Waals surface area contributed by atoms with Gasteiger partial charge in [-0.05, 0) is 49.4 Å². The van der Waals surface area contributed by atoms with Gasteiger partial charge in [0.15, 0.2) is 0 Å². The van der Waals surface area contributed by atoms with Crippen LogP contribution in [0.4, 0.5) is 5.69 Å². The molecule has 0 atom stereocenters. The Bertz CT molecular complexity index is 1220. The number of para-hydroxylation sites is 2. The molecule has 0 saturated carbocycles. The molecule has 4 aromatic rings. The number of fused-ring (bicyclic) bond motifs is 1. The number of methoxy groups -OCH3 is 2. The summed E-state index contributed by atoms with van der Waals surface area (Å²) in [6.07, 6.45) is 0. The molecule has 156 valence electrons. The van der Waals surface area contributed by atoms with Gasteiger partial charge < -0.3 is 14.4 Å². The van der Waals surface area contributed by atoms with E-state index in [4.69, 9.17) is 14.5 Å². The lowest BCUT2D eigenvalue weighted by atomic mass is 10.0. The molecule has 0 unspecified atom stereocenters. The predicted molar refractivity (Wildman–Crippen MR) is 124 cm³/mol. The van der Waals surface area contributed by atoms with Crippen molar-refractivity contribution in [2.75, 3.05) is 25.7 Å². The standard InChI is InChI=1S/C26H24N2O3/c1-4-28(18-10-6-5-7-11-18)26(29)21-17-24(27-23-13-9-8-12-20(21)23)22-16-19(30-2)14-15-25(22)31-3/h5-17H,4H2,1-3H3. The molecule has 1 heterocycles. The number of hydrogen-bond donors (Lipinski definition) is 0. The maximum atomic E-state index is 13.7. The maximum absolute atomic E-state index is 13.7. The van der Waals surface area contributed by atoms with Gasteiger partial charge in [-0.3, -0.25) is 4.79 Å². The summed E-state index contributed by atoms with van der Waals surface area (Å²) in [5, 5.41) is 0.812. The van der Waals surface area contributed by atoms with E-state index in [2.05, 4.69) is 0 Å². The fraction of sp³-hybridized carbons (Fsp3) is 0.154. The Morgan fingerprint density at radius 1 is 0.903 bits per heavy atom. The number of nitrogens with zero attached hydrogens (tertiary/aromatic N) is 2. The molecule has 0 aliphatic carbocycles. The third kappa shape index (κ3) is 3.94. The Hall–Kier alpha value is -3.86. The first kappa shape index (κ1) is 20.4. The Morgan fingerprint density at radius 2 is 1.65 bits per heavy atom. The van der Waals surface area contributed by atoms with Crippen LogP contribution >= 0.6 is 0 Å². The summed E-state index contributed by atoms with van der Waals surface area (Å²) in [6.45, 7) is 2.53. The lowest BCUT2D eigenvalue weighted by Crippen LogP contribution is -2.30. The van der Waals surface area contributed by atoms with E-state index in [1.807, 2.05) is 85.8 Å². The Labute approximate surface area is 181 Å². The molecule has 0 aliphatic rings. The number of benzene rings is 3. The molecule has 0 radical (unpaired) electrons. The van der Waals surface area contributed by atoms with Crippen molar-refractivity contribution in [1.82, 2.24) is 4.98 Å². The average molecular weight is 412 g/mol. The van der Waals surface area contributed by atoms with Crippen LogP contribution in [0.15, 0.2) is 78.9 Å². The topological polar surface area (TPSA) is 51.7 Å². The second kappa shape index (κ2) is 8.88. The van der Waals surface area contributed by atoms with Crippen LogP contribution in [-0.4, -0.2) is 31.7 Å². The molecular formula is C26H24N2O3. The number of hydrogen-bond acceptors (Lipinski definition) is 4. The van der Waals surface area contributed by atoms with Gasteiger partial charge in [-0.2, -0.15) is 0 Å². The smallest absolute Gasteiger partial charge is 0.259 e. The number of carbonyl (C=O) groups excluding carboxylic acids is 1. The van der Waals surface area contributed by atoms with Crippen LogP contribution < -0.4 is 14.4 Å². The molecule has 5 nitrogen and oxygen atoms in total. The first-order chi connectivity index (χ1) is 15.2. The summed E-state index contributed by atoms with van der Waals surface area (Å²) >= 11 is 0. The second-order valence-corrected chi connectivity index (χ2v) is 7.02. The van der Waals surface area contributed by atoms with Gasteiger partial charge in [0.05, 0.1) is 31.0 Å². The van der Waals surface area contributed by atoms with Crippen molar-refractivity contribution in [3.05, 3.63) is 84.4 Å². The monoisotopic (exact) mass is 412 g/mol. The van der Waals surface area contributed by atoms with Crippen LogP contribution in [0.3, 0.4) is 0 Å². The number of ether oxygens (including phenoxy) is 2. The fourth-order valence-electron chi connectivity index (χ4n) is 3.70. The number of anilines is 1. The van der Waals surface area contributed by atoms with Gasteiger partial charge in [-0.1, -0.05) is 36.4 Å². The van der Waals surface area contributed by atoms with Gasteiger partial charge in [-0.15, -0.1) is 0 Å². The van der Waals surface area contributed by atoms with Gasteiger partial charge in [0.2, 0.25) is 0 Å². The van der Waals surface area contributed by atoms with Gasteiger partial charge in [0.25, 0.3) is 5.91 Å². The first-order valence-corrected chi connectivity index (χ1v) is 10.2. The van der Waals surface area contributed by atoms with Crippen LogP contribution in [0.25, 0.3) is 22.2 Å². The highest BCUT2D eigenvalue weighted by Gasteiger charge is 2.21. The van der Waals surface area contributed by atoms with Crippen LogP contribution in [0.5, 0.6) is 11.5 Å². The molecule has 0 spiro atoms. The van der Waals surface area contributed by atoms with Crippen molar-refractivity contribution in [2.45, 2.75) is 6.92 Å². The van der Waals surface area contributed by atoms with Gasteiger partial charge in [0.1, 0.15) is 11.5 Å². The minimum atomic E-state index is -0.0737. The third-order valence-corrected chi connectivity index (χ3v) is 5.26. The van der Waals surface area contributed by atoms with E-state index in [0.717, 1.165) is 22.2 Å². The highest BCUT2D eigenvalue weighted by molar-refractivity contribution is 6.14. The predicted octanol–water partition coefficient (Wildman–Crippen LogP) is 5.59. The summed E-state index contributed by atoms with van der Waals surface area (Å²) in [6, 6.07) is 24.8. The van der Waals surface area contributed by atoms with Crippen molar-refractivity contribution in [1.29, 1.82) is 0 Å². The molecular weight excluding hydrogens is 388 g/mol. The number of pyridine rings is 1. The van der Waals surface area contributed by atoms with Crippen LogP contribution in [0.1, 0.15) is 17.3 Å². The Morgan fingerprint density at radius 3 is 2.35 bits per heavy atom. The van der Waals surface area contributed by atoms with E-state index < -0.39 is 0 Å². The van der Waals surface area contributed by atoms with Crippen molar-refractivity contribution < 1.29 is 14.3 Å². The van der Waals surface area contributed by atoms with Crippen molar-refractivity contribution in [2.24, 2.45) is 0 Å². The number of carbonyl (C=O) groups is 1. The summed E-state index contributed by atoms with van der Waals surface area (Å²) in [5.74, 6) is 1.28. The van der Waals surface area contributed by atoms with Gasteiger partial charge in [0, 0.05) is 23.2 Å². The normalized spacial score (nSPS) is 10.7. The number of aromatic nitrogens is 1. The van der Waals surface area contributed by atoms with E-state index in [0.29, 0.717) is 29.3 Å². The lowest BCUT2D eigenvalue weighted by molar-refractivity contribution is 0.0990. The van der Waals surface area contributed by atoms with E-state index in [9.17, 15) is 4.79 Å². The highest BCUT2D eigenvalue weighted by atomic mass is 16.5. The van der Waals surface area contributed by atoms with Crippen molar-refractivity contribution in [3.8, 4) is 22.8 Å². The van der Waals surface area contributed by atoms with Gasteiger partial charge >= 0.3 is 0 Å². The molecule has 1 amide bonds. The van der Waals surface area contributed by atoms with E-state index in [1.165, 1.54) is 0 Å². The second-order valence-electron chi connectivity index (χ2n) is 7.02. The zero-order chi connectivity index (χ0) is 21.8. The largest absolute Gasteiger partial charge is 0.497 e. The van der Waals surface area contributed by atoms with Crippen LogP contribution in [-0.2, 0) is 0 Å². The minimum Gasteiger partial charge on any atom is -0.497 e.